The summed E-state index contributed by atoms with van der Waals surface area (Å²) >= 11 is 0. The lowest BCUT2D eigenvalue weighted by atomic mass is 10.1. The van der Waals surface area contributed by atoms with E-state index in [1.807, 2.05) is 0 Å². The Morgan fingerprint density at radius 3 is 2.94 bits per heavy atom. The lowest BCUT2D eigenvalue weighted by Crippen LogP contribution is -2.49. The Bertz CT molecular complexity index is 218. The first-order chi connectivity index (χ1) is 8.31. The van der Waals surface area contributed by atoms with Gasteiger partial charge in [0.2, 0.25) is 0 Å². The van der Waals surface area contributed by atoms with E-state index >= 15 is 0 Å². The summed E-state index contributed by atoms with van der Waals surface area (Å²) in [5.41, 5.74) is 0. The summed E-state index contributed by atoms with van der Waals surface area (Å²) in [6, 6.07) is 2.22. The maximum Gasteiger partial charge on any atom is 0.0622 e. The molecule has 1 saturated carbocycles. The molecule has 3 heteroatoms. The van der Waals surface area contributed by atoms with Crippen molar-refractivity contribution in [2.75, 3.05) is 26.3 Å². The zero-order valence-electron chi connectivity index (χ0n) is 11.5. The van der Waals surface area contributed by atoms with Crippen LogP contribution in [-0.2, 0) is 4.74 Å². The molecular formula is C14H28N2O. The molecule has 17 heavy (non-hydrogen) atoms. The van der Waals surface area contributed by atoms with Crippen LogP contribution in [0, 0.1) is 0 Å². The smallest absolute Gasteiger partial charge is 0.0622 e. The highest BCUT2D eigenvalue weighted by atomic mass is 16.5. The second-order valence-electron chi connectivity index (χ2n) is 5.59. The fourth-order valence-electron chi connectivity index (χ4n) is 2.76. The minimum absolute atomic E-state index is 0.648. The summed E-state index contributed by atoms with van der Waals surface area (Å²) < 4.78 is 5.56. The molecule has 100 valence electrons. The van der Waals surface area contributed by atoms with E-state index in [4.69, 9.17) is 4.74 Å². The summed E-state index contributed by atoms with van der Waals surface area (Å²) in [5.74, 6) is 0. The fraction of sp³-hybridized carbons (Fsp3) is 1.00. The van der Waals surface area contributed by atoms with Crippen LogP contribution in [0.15, 0.2) is 0 Å². The monoisotopic (exact) mass is 240 g/mol. The largest absolute Gasteiger partial charge is 0.378 e. The number of morpholine rings is 1. The molecular weight excluding hydrogens is 212 g/mol. The molecule has 1 N–H and O–H groups in total. The van der Waals surface area contributed by atoms with Crippen LogP contribution in [0.3, 0.4) is 0 Å². The Hall–Kier alpha value is -0.120. The average Bonchev–Trinajstić information content (AvgIpc) is 3.18. The predicted octanol–water partition coefficient (Wildman–Crippen LogP) is 2.02. The van der Waals surface area contributed by atoms with E-state index in [1.165, 1.54) is 38.6 Å². The normalized spacial score (nSPS) is 28.2. The maximum atomic E-state index is 5.56. The maximum absolute atomic E-state index is 5.56. The van der Waals surface area contributed by atoms with Crippen molar-refractivity contribution in [3.8, 4) is 0 Å². The molecule has 0 bridgehead atoms. The summed E-state index contributed by atoms with van der Waals surface area (Å²) in [6.07, 6.45) is 6.64. The molecule has 0 amide bonds. The van der Waals surface area contributed by atoms with Gasteiger partial charge in [-0.05, 0) is 45.6 Å². The van der Waals surface area contributed by atoms with Crippen LogP contribution in [0.5, 0.6) is 0 Å². The van der Waals surface area contributed by atoms with Gasteiger partial charge in [-0.25, -0.2) is 0 Å². The van der Waals surface area contributed by atoms with Crippen LogP contribution in [0.25, 0.3) is 0 Å². The topological polar surface area (TPSA) is 24.5 Å². The molecule has 0 spiro atoms. The molecule has 0 aromatic heterocycles. The molecule has 1 aliphatic heterocycles. The molecule has 0 radical (unpaired) electrons. The molecule has 2 atom stereocenters. The van der Waals surface area contributed by atoms with Crippen LogP contribution in [0.2, 0.25) is 0 Å². The molecule has 2 aliphatic rings. The van der Waals surface area contributed by atoms with E-state index < -0.39 is 0 Å². The molecule has 0 aromatic carbocycles. The first kappa shape index (κ1) is 13.3. The zero-order valence-corrected chi connectivity index (χ0v) is 11.5. The number of nitrogens with zero attached hydrogens (tertiary/aromatic N) is 1. The molecule has 2 unspecified atom stereocenters. The van der Waals surface area contributed by atoms with Gasteiger partial charge in [0, 0.05) is 24.7 Å². The molecule has 1 heterocycles. The summed E-state index contributed by atoms with van der Waals surface area (Å²) in [7, 11) is 0. The van der Waals surface area contributed by atoms with E-state index in [9.17, 15) is 0 Å². The molecule has 0 aromatic rings. The number of hydrogen-bond acceptors (Lipinski definition) is 3. The minimum atomic E-state index is 0.648. The van der Waals surface area contributed by atoms with Gasteiger partial charge in [-0.1, -0.05) is 6.92 Å². The predicted molar refractivity (Wildman–Crippen MR) is 71.3 cm³/mol. The first-order valence-electron chi connectivity index (χ1n) is 7.38. The van der Waals surface area contributed by atoms with E-state index in [0.29, 0.717) is 12.1 Å². The lowest BCUT2D eigenvalue weighted by Gasteiger charge is -2.39. The number of nitrogens with one attached hydrogen (secondary N) is 1. The highest BCUT2D eigenvalue weighted by Gasteiger charge is 2.25. The Balaban J connectivity index is 1.63. The van der Waals surface area contributed by atoms with Crippen molar-refractivity contribution in [1.82, 2.24) is 10.2 Å². The van der Waals surface area contributed by atoms with Gasteiger partial charge in [-0.3, -0.25) is 4.90 Å². The van der Waals surface area contributed by atoms with Gasteiger partial charge in [-0.15, -0.1) is 0 Å². The van der Waals surface area contributed by atoms with Gasteiger partial charge < -0.3 is 10.1 Å². The molecule has 3 nitrogen and oxygen atoms in total. The first-order valence-corrected chi connectivity index (χ1v) is 7.38. The van der Waals surface area contributed by atoms with Crippen LogP contribution in [0.1, 0.15) is 46.0 Å². The van der Waals surface area contributed by atoms with Crippen molar-refractivity contribution in [1.29, 1.82) is 0 Å². The van der Waals surface area contributed by atoms with Gasteiger partial charge in [0.1, 0.15) is 0 Å². The van der Waals surface area contributed by atoms with Crippen molar-refractivity contribution in [3.63, 3.8) is 0 Å². The standard InChI is InChI=1S/C14H28N2O/c1-3-14-11-17-10-9-16(14)12(2)5-4-8-15-13-6-7-13/h12-15H,3-11H2,1-2H3. The van der Waals surface area contributed by atoms with Crippen LogP contribution >= 0.6 is 0 Å². The number of ether oxygens (including phenoxy) is 1. The lowest BCUT2D eigenvalue weighted by molar-refractivity contribution is -0.0282. The Morgan fingerprint density at radius 1 is 1.41 bits per heavy atom. The highest BCUT2D eigenvalue weighted by molar-refractivity contribution is 4.82. The van der Waals surface area contributed by atoms with Crippen molar-refractivity contribution in [2.45, 2.75) is 64.1 Å². The van der Waals surface area contributed by atoms with E-state index in [0.717, 1.165) is 25.8 Å². The second kappa shape index (κ2) is 6.72. The van der Waals surface area contributed by atoms with Gasteiger partial charge in [0.15, 0.2) is 0 Å². The van der Waals surface area contributed by atoms with Crippen LogP contribution in [0.4, 0.5) is 0 Å². The third-order valence-corrected chi connectivity index (χ3v) is 4.12. The van der Waals surface area contributed by atoms with Crippen molar-refractivity contribution >= 4 is 0 Å². The quantitative estimate of drug-likeness (QED) is 0.689. The third-order valence-electron chi connectivity index (χ3n) is 4.12. The Kier molecular flexibility index (Phi) is 5.26. The molecule has 2 fully saturated rings. The van der Waals surface area contributed by atoms with Crippen molar-refractivity contribution in [2.24, 2.45) is 0 Å². The third kappa shape index (κ3) is 4.23. The highest BCUT2D eigenvalue weighted by Crippen LogP contribution is 2.19. The minimum Gasteiger partial charge on any atom is -0.378 e. The van der Waals surface area contributed by atoms with E-state index in [-0.39, 0.29) is 0 Å². The Morgan fingerprint density at radius 2 is 2.24 bits per heavy atom. The molecule has 1 aliphatic carbocycles. The fourth-order valence-corrected chi connectivity index (χ4v) is 2.76. The van der Waals surface area contributed by atoms with Crippen LogP contribution in [-0.4, -0.2) is 49.3 Å². The second-order valence-corrected chi connectivity index (χ2v) is 5.59. The van der Waals surface area contributed by atoms with E-state index in [2.05, 4.69) is 24.1 Å². The van der Waals surface area contributed by atoms with Gasteiger partial charge in [-0.2, -0.15) is 0 Å². The average molecular weight is 240 g/mol. The summed E-state index contributed by atoms with van der Waals surface area (Å²) in [5, 5.41) is 3.60. The van der Waals surface area contributed by atoms with E-state index in [1.54, 1.807) is 0 Å². The zero-order chi connectivity index (χ0) is 12.1. The SMILES string of the molecule is CCC1COCCN1C(C)CCCNC1CC1. The number of rotatable bonds is 7. The summed E-state index contributed by atoms with van der Waals surface area (Å²) in [6.45, 7) is 8.83. The van der Waals surface area contributed by atoms with Crippen molar-refractivity contribution < 1.29 is 4.74 Å². The van der Waals surface area contributed by atoms with Crippen LogP contribution < -0.4 is 5.32 Å². The Labute approximate surface area is 106 Å². The van der Waals surface area contributed by atoms with Gasteiger partial charge >= 0.3 is 0 Å². The molecule has 1 saturated heterocycles. The van der Waals surface area contributed by atoms with Gasteiger partial charge in [0.05, 0.1) is 13.2 Å². The summed E-state index contributed by atoms with van der Waals surface area (Å²) in [4.78, 5) is 2.65. The van der Waals surface area contributed by atoms with Crippen molar-refractivity contribution in [3.05, 3.63) is 0 Å². The van der Waals surface area contributed by atoms with Gasteiger partial charge in [0.25, 0.3) is 0 Å². The molecule has 2 rings (SSSR count). The number of hydrogen-bond donors (Lipinski definition) is 1.